The lowest BCUT2D eigenvalue weighted by molar-refractivity contribution is 0.183. The van der Waals surface area contributed by atoms with Crippen LogP contribution >= 0.6 is 0 Å². The lowest BCUT2D eigenvalue weighted by Crippen LogP contribution is -2.26. The third-order valence-electron chi connectivity index (χ3n) is 8.22. The van der Waals surface area contributed by atoms with Crippen LogP contribution in [-0.4, -0.2) is 6.61 Å². The Kier molecular flexibility index (Phi) is 9.09. The number of hydrogen-bond donors (Lipinski definition) is 0. The molecule has 1 atom stereocenters. The molecule has 0 bridgehead atoms. The fourth-order valence-electron chi connectivity index (χ4n) is 6.15. The molecule has 1 heteroatoms. The largest absolute Gasteiger partial charge is 0.493 e. The third-order valence-corrected chi connectivity index (χ3v) is 8.22. The molecule has 0 aromatic heterocycles. The number of fused-ring (bicyclic) bond motifs is 1. The molecule has 0 spiro atoms. The molecule has 1 unspecified atom stereocenters. The molecular formula is C32H44O. The lowest BCUT2D eigenvalue weighted by Gasteiger charge is -2.36. The monoisotopic (exact) mass is 444 g/mol. The van der Waals surface area contributed by atoms with Crippen molar-refractivity contribution in [1.82, 2.24) is 0 Å². The Bertz CT molecular complexity index is 870. The highest BCUT2D eigenvalue weighted by molar-refractivity contribution is 5.66. The Morgan fingerprint density at radius 2 is 1.64 bits per heavy atom. The van der Waals surface area contributed by atoms with E-state index in [0.717, 1.165) is 36.5 Å². The van der Waals surface area contributed by atoms with Gasteiger partial charge in [0, 0.05) is 0 Å². The van der Waals surface area contributed by atoms with Gasteiger partial charge in [0.2, 0.25) is 0 Å². The van der Waals surface area contributed by atoms with Crippen molar-refractivity contribution in [1.29, 1.82) is 0 Å². The molecule has 0 aliphatic heterocycles. The van der Waals surface area contributed by atoms with E-state index in [1.54, 1.807) is 11.1 Å². The Labute approximate surface area is 202 Å². The quantitative estimate of drug-likeness (QED) is 0.262. The fraction of sp³-hybridized carbons (Fsp3) is 0.562. The highest BCUT2D eigenvalue weighted by Gasteiger charge is 2.30. The Morgan fingerprint density at radius 3 is 2.39 bits per heavy atom. The van der Waals surface area contributed by atoms with Crippen LogP contribution in [0.1, 0.15) is 89.2 Å². The van der Waals surface area contributed by atoms with Gasteiger partial charge in [-0.25, -0.2) is 0 Å². The molecule has 1 saturated carbocycles. The van der Waals surface area contributed by atoms with Crippen molar-refractivity contribution >= 4 is 0 Å². The first-order chi connectivity index (χ1) is 16.3. The first kappa shape index (κ1) is 24.1. The zero-order valence-corrected chi connectivity index (χ0v) is 21.0. The van der Waals surface area contributed by atoms with E-state index in [2.05, 4.69) is 61.5 Å². The maximum absolute atomic E-state index is 5.84. The first-order valence-corrected chi connectivity index (χ1v) is 13.7. The summed E-state index contributed by atoms with van der Waals surface area (Å²) in [6.45, 7) is 5.11. The van der Waals surface area contributed by atoms with Gasteiger partial charge in [-0.3, -0.25) is 0 Å². The average Bonchev–Trinajstić information content (AvgIpc) is 2.87. The Balaban J connectivity index is 1.30. The van der Waals surface area contributed by atoms with Crippen LogP contribution in [0.4, 0.5) is 0 Å². The van der Waals surface area contributed by atoms with Crippen LogP contribution in [0.3, 0.4) is 0 Å². The SMILES string of the molecule is C/C=C/CCOc1ccc(-c2ccc3c(c2)CCC(C2CCC(CCCCC)CC2)C3)cc1. The van der Waals surface area contributed by atoms with Gasteiger partial charge in [0.15, 0.2) is 0 Å². The fourth-order valence-corrected chi connectivity index (χ4v) is 6.15. The zero-order valence-electron chi connectivity index (χ0n) is 21.0. The van der Waals surface area contributed by atoms with Crippen molar-refractivity contribution in [2.45, 2.75) is 90.9 Å². The van der Waals surface area contributed by atoms with E-state index < -0.39 is 0 Å². The smallest absolute Gasteiger partial charge is 0.119 e. The third kappa shape index (κ3) is 6.75. The van der Waals surface area contributed by atoms with Gasteiger partial charge < -0.3 is 4.74 Å². The molecule has 1 nitrogen and oxygen atoms in total. The normalized spacial score (nSPS) is 22.9. The van der Waals surface area contributed by atoms with Gasteiger partial charge in [-0.05, 0) is 97.6 Å². The highest BCUT2D eigenvalue weighted by Crippen LogP contribution is 2.41. The molecule has 33 heavy (non-hydrogen) atoms. The molecule has 0 saturated heterocycles. The molecule has 1 fully saturated rings. The van der Waals surface area contributed by atoms with Crippen molar-refractivity contribution in [3.63, 3.8) is 0 Å². The number of rotatable bonds is 10. The summed E-state index contributed by atoms with van der Waals surface area (Å²) in [4.78, 5) is 0. The van der Waals surface area contributed by atoms with E-state index in [4.69, 9.17) is 4.74 Å². The average molecular weight is 445 g/mol. The van der Waals surface area contributed by atoms with Crippen LogP contribution in [-0.2, 0) is 12.8 Å². The van der Waals surface area contributed by atoms with Crippen LogP contribution in [0.2, 0.25) is 0 Å². The van der Waals surface area contributed by atoms with Crippen LogP contribution in [0.25, 0.3) is 11.1 Å². The van der Waals surface area contributed by atoms with E-state index in [-0.39, 0.29) is 0 Å². The Hall–Kier alpha value is -2.02. The minimum atomic E-state index is 0.740. The molecule has 0 radical (unpaired) electrons. The predicted octanol–water partition coefficient (Wildman–Crippen LogP) is 9.19. The molecule has 178 valence electrons. The summed E-state index contributed by atoms with van der Waals surface area (Å²) in [5, 5.41) is 0. The van der Waals surface area contributed by atoms with Crippen LogP contribution in [0.5, 0.6) is 5.75 Å². The molecule has 2 aliphatic rings. The summed E-state index contributed by atoms with van der Waals surface area (Å²) in [5.41, 5.74) is 5.84. The number of unbranched alkanes of at least 4 members (excludes halogenated alkanes) is 2. The summed E-state index contributed by atoms with van der Waals surface area (Å²) in [6, 6.07) is 15.9. The molecule has 4 rings (SSSR count). The molecule has 0 N–H and O–H groups in total. The lowest BCUT2D eigenvalue weighted by atomic mass is 9.69. The molecular weight excluding hydrogens is 400 g/mol. The van der Waals surface area contributed by atoms with Gasteiger partial charge >= 0.3 is 0 Å². The van der Waals surface area contributed by atoms with Gasteiger partial charge in [0.1, 0.15) is 5.75 Å². The number of benzene rings is 2. The number of ether oxygens (including phenoxy) is 1. The van der Waals surface area contributed by atoms with E-state index in [0.29, 0.717) is 0 Å². The minimum Gasteiger partial charge on any atom is -0.493 e. The van der Waals surface area contributed by atoms with Crippen molar-refractivity contribution < 1.29 is 4.74 Å². The van der Waals surface area contributed by atoms with Crippen molar-refractivity contribution in [2.75, 3.05) is 6.61 Å². The molecule has 2 aromatic rings. The van der Waals surface area contributed by atoms with E-state index in [1.807, 2.05) is 6.92 Å². The minimum absolute atomic E-state index is 0.740. The number of hydrogen-bond acceptors (Lipinski definition) is 1. The van der Waals surface area contributed by atoms with Gasteiger partial charge in [0.25, 0.3) is 0 Å². The summed E-state index contributed by atoms with van der Waals surface area (Å²) < 4.78 is 5.84. The van der Waals surface area contributed by atoms with E-state index >= 15 is 0 Å². The van der Waals surface area contributed by atoms with Crippen molar-refractivity contribution in [3.8, 4) is 16.9 Å². The van der Waals surface area contributed by atoms with Crippen LogP contribution in [0, 0.1) is 17.8 Å². The van der Waals surface area contributed by atoms with Gasteiger partial charge in [-0.2, -0.15) is 0 Å². The number of allylic oxidation sites excluding steroid dienone is 1. The van der Waals surface area contributed by atoms with Crippen molar-refractivity contribution in [3.05, 3.63) is 65.7 Å². The Morgan fingerprint density at radius 1 is 0.848 bits per heavy atom. The second-order valence-corrected chi connectivity index (χ2v) is 10.5. The second kappa shape index (κ2) is 12.4. The van der Waals surface area contributed by atoms with Gasteiger partial charge in [-0.15, -0.1) is 0 Å². The summed E-state index contributed by atoms with van der Waals surface area (Å²) in [7, 11) is 0. The molecule has 2 aliphatic carbocycles. The van der Waals surface area contributed by atoms with Gasteiger partial charge in [-0.1, -0.05) is 87.9 Å². The maximum Gasteiger partial charge on any atom is 0.119 e. The topological polar surface area (TPSA) is 9.23 Å². The standard InChI is InChI=1S/C32H44O/c1-3-5-7-9-25-10-12-26(13-11-25)28-14-16-31-24-29(15-17-30(31)23-28)27-18-20-32(21-19-27)33-22-8-6-4-2/h4,6,15,17-21,24-26,28H,3,5,7-14,16,22-23H2,1-2H3/b6-4+. The van der Waals surface area contributed by atoms with E-state index in [1.165, 1.54) is 81.8 Å². The van der Waals surface area contributed by atoms with Crippen molar-refractivity contribution in [2.24, 2.45) is 17.8 Å². The van der Waals surface area contributed by atoms with Crippen LogP contribution < -0.4 is 4.74 Å². The highest BCUT2D eigenvalue weighted by atomic mass is 16.5. The summed E-state index contributed by atoms with van der Waals surface area (Å²) in [6.07, 6.45) is 20.8. The molecule has 0 heterocycles. The predicted molar refractivity (Wildman–Crippen MR) is 142 cm³/mol. The number of aryl methyl sites for hydroxylation is 1. The van der Waals surface area contributed by atoms with Gasteiger partial charge in [0.05, 0.1) is 6.61 Å². The summed E-state index contributed by atoms with van der Waals surface area (Å²) in [5.74, 6) is 3.87. The maximum atomic E-state index is 5.84. The molecule has 0 amide bonds. The van der Waals surface area contributed by atoms with E-state index in [9.17, 15) is 0 Å². The van der Waals surface area contributed by atoms with Crippen LogP contribution in [0.15, 0.2) is 54.6 Å². The zero-order chi connectivity index (χ0) is 22.9. The first-order valence-electron chi connectivity index (χ1n) is 13.7. The summed E-state index contributed by atoms with van der Waals surface area (Å²) >= 11 is 0. The second-order valence-electron chi connectivity index (χ2n) is 10.5. The molecule has 2 aromatic carbocycles.